The number of hydrogen-bond donors (Lipinski definition) is 2. The molecule has 1 aromatic heterocycles. The molecule has 39 heavy (non-hydrogen) atoms. The van der Waals surface area contributed by atoms with Crippen molar-refractivity contribution in [3.63, 3.8) is 0 Å². The molecular formula is C32H31ClN2O4. The summed E-state index contributed by atoms with van der Waals surface area (Å²) in [6.45, 7) is 4.06. The van der Waals surface area contributed by atoms with E-state index < -0.39 is 11.6 Å². The summed E-state index contributed by atoms with van der Waals surface area (Å²) in [5, 5.41) is 13.7. The number of carboxylic acids is 1. The molecule has 5 rings (SSSR count). The number of rotatable bonds is 8. The smallest absolute Gasteiger partial charge is 0.303 e. The van der Waals surface area contributed by atoms with Gasteiger partial charge in [-0.25, -0.2) is 4.98 Å². The number of amides is 1. The first-order valence-corrected chi connectivity index (χ1v) is 13.6. The molecule has 1 aliphatic heterocycles. The van der Waals surface area contributed by atoms with Crippen molar-refractivity contribution in [2.45, 2.75) is 57.6 Å². The highest BCUT2D eigenvalue weighted by molar-refractivity contribution is 6.30. The summed E-state index contributed by atoms with van der Waals surface area (Å²) in [6, 6.07) is 22.8. The van der Waals surface area contributed by atoms with Crippen LogP contribution in [0.25, 0.3) is 22.2 Å². The van der Waals surface area contributed by atoms with E-state index in [0.717, 1.165) is 45.5 Å². The van der Waals surface area contributed by atoms with Crippen molar-refractivity contribution in [1.82, 2.24) is 10.3 Å². The average Bonchev–Trinajstić information content (AvgIpc) is 2.90. The molecule has 0 radical (unpaired) electrons. The molecule has 3 aromatic carbocycles. The Morgan fingerprint density at radius 2 is 1.82 bits per heavy atom. The fourth-order valence-corrected chi connectivity index (χ4v) is 5.30. The van der Waals surface area contributed by atoms with Crippen LogP contribution in [0.5, 0.6) is 5.75 Å². The van der Waals surface area contributed by atoms with Crippen LogP contribution in [0.15, 0.2) is 72.8 Å². The van der Waals surface area contributed by atoms with Crippen molar-refractivity contribution >= 4 is 34.4 Å². The molecule has 0 spiro atoms. The van der Waals surface area contributed by atoms with Crippen LogP contribution in [-0.2, 0) is 11.2 Å². The van der Waals surface area contributed by atoms with Crippen LogP contribution >= 0.6 is 11.6 Å². The summed E-state index contributed by atoms with van der Waals surface area (Å²) in [6.07, 6.45) is 2.78. The van der Waals surface area contributed by atoms with Gasteiger partial charge in [0.25, 0.3) is 5.91 Å². The number of nitrogens with zero attached hydrogens (tertiary/aromatic N) is 1. The molecule has 1 atom stereocenters. The van der Waals surface area contributed by atoms with Crippen molar-refractivity contribution in [3.05, 3.63) is 94.5 Å². The highest BCUT2D eigenvalue weighted by Crippen LogP contribution is 2.39. The first-order chi connectivity index (χ1) is 18.7. The quantitative estimate of drug-likeness (QED) is 0.227. The van der Waals surface area contributed by atoms with E-state index >= 15 is 0 Å². The minimum Gasteiger partial charge on any atom is -0.487 e. The van der Waals surface area contributed by atoms with Crippen LogP contribution in [-0.4, -0.2) is 27.6 Å². The number of aryl methyl sites for hydroxylation is 1. The first-order valence-electron chi connectivity index (χ1n) is 13.2. The molecular weight excluding hydrogens is 512 g/mol. The molecule has 0 bridgehead atoms. The lowest BCUT2D eigenvalue weighted by atomic mass is 9.89. The Hall–Kier alpha value is -3.90. The molecule has 0 fully saturated rings. The van der Waals surface area contributed by atoms with E-state index in [1.54, 1.807) is 6.07 Å². The van der Waals surface area contributed by atoms with Crippen molar-refractivity contribution in [3.8, 4) is 17.0 Å². The van der Waals surface area contributed by atoms with Crippen LogP contribution in [0.3, 0.4) is 0 Å². The van der Waals surface area contributed by atoms with E-state index in [-0.39, 0.29) is 18.4 Å². The zero-order valence-electron chi connectivity index (χ0n) is 22.0. The second-order valence-corrected chi connectivity index (χ2v) is 11.1. The van der Waals surface area contributed by atoms with Gasteiger partial charge in [0.15, 0.2) is 0 Å². The Bertz CT molecular complexity index is 1530. The molecule has 2 heterocycles. The van der Waals surface area contributed by atoms with Crippen molar-refractivity contribution in [2.75, 3.05) is 0 Å². The standard InChI is InChI=1S/C32H31ClN2O4/c1-32(2)19-27(25-8-4-5-9-28(25)39-32)35-31(38)22-13-16-26-23(18-22)17-21(7-3-6-10-29(36)37)30(34-26)20-11-14-24(33)15-12-20/h4-5,8-9,11-18,27H,3,6-7,10,19H2,1-2H3,(H,35,38)(H,36,37). The van der Waals surface area contributed by atoms with Crippen LogP contribution in [0.1, 0.15) is 67.1 Å². The lowest BCUT2D eigenvalue weighted by Crippen LogP contribution is -2.41. The highest BCUT2D eigenvalue weighted by atomic mass is 35.5. The average molecular weight is 543 g/mol. The number of halogens is 1. The number of aromatic nitrogens is 1. The topological polar surface area (TPSA) is 88.5 Å². The molecule has 7 heteroatoms. The number of hydrogen-bond acceptors (Lipinski definition) is 4. The summed E-state index contributed by atoms with van der Waals surface area (Å²) in [4.78, 5) is 29.3. The molecule has 4 aromatic rings. The van der Waals surface area contributed by atoms with Gasteiger partial charge in [-0.1, -0.05) is 41.9 Å². The second-order valence-electron chi connectivity index (χ2n) is 10.6. The molecule has 1 aliphatic rings. The van der Waals surface area contributed by atoms with Gasteiger partial charge in [-0.3, -0.25) is 9.59 Å². The van der Waals surface area contributed by atoms with Gasteiger partial charge in [0.05, 0.1) is 17.3 Å². The number of aliphatic carboxylic acids is 1. The molecule has 0 saturated carbocycles. The maximum absolute atomic E-state index is 13.4. The van der Waals surface area contributed by atoms with E-state index in [1.165, 1.54) is 0 Å². The monoisotopic (exact) mass is 542 g/mol. The zero-order valence-corrected chi connectivity index (χ0v) is 22.8. The minimum atomic E-state index is -0.796. The minimum absolute atomic E-state index is 0.133. The molecule has 1 amide bonds. The van der Waals surface area contributed by atoms with Gasteiger partial charge in [-0.05, 0) is 81.1 Å². The van der Waals surface area contributed by atoms with Gasteiger partial charge in [-0.15, -0.1) is 0 Å². The van der Waals surface area contributed by atoms with Gasteiger partial charge in [-0.2, -0.15) is 0 Å². The third-order valence-electron chi connectivity index (χ3n) is 7.04. The third-order valence-corrected chi connectivity index (χ3v) is 7.29. The van der Waals surface area contributed by atoms with Gasteiger partial charge in [0.2, 0.25) is 0 Å². The molecule has 1 unspecified atom stereocenters. The first kappa shape index (κ1) is 26.7. The summed E-state index contributed by atoms with van der Waals surface area (Å²) < 4.78 is 6.12. The number of carbonyl (C=O) groups excluding carboxylic acids is 1. The number of benzene rings is 3. The number of carbonyl (C=O) groups is 2. The molecule has 200 valence electrons. The van der Waals surface area contributed by atoms with E-state index in [9.17, 15) is 9.59 Å². The lowest BCUT2D eigenvalue weighted by molar-refractivity contribution is -0.137. The summed E-state index contributed by atoms with van der Waals surface area (Å²) in [5.41, 5.74) is 4.71. The largest absolute Gasteiger partial charge is 0.487 e. The fourth-order valence-electron chi connectivity index (χ4n) is 5.17. The van der Waals surface area contributed by atoms with Crippen LogP contribution < -0.4 is 10.1 Å². The number of para-hydroxylation sites is 1. The Labute approximate surface area is 233 Å². The van der Waals surface area contributed by atoms with Crippen LogP contribution in [0, 0.1) is 0 Å². The van der Waals surface area contributed by atoms with Crippen molar-refractivity contribution in [2.24, 2.45) is 0 Å². The molecule has 2 N–H and O–H groups in total. The van der Waals surface area contributed by atoms with E-state index in [2.05, 4.69) is 11.4 Å². The van der Waals surface area contributed by atoms with Crippen LogP contribution in [0.2, 0.25) is 5.02 Å². The van der Waals surface area contributed by atoms with Gasteiger partial charge >= 0.3 is 5.97 Å². The van der Waals surface area contributed by atoms with Crippen molar-refractivity contribution in [1.29, 1.82) is 0 Å². The predicted molar refractivity (Wildman–Crippen MR) is 153 cm³/mol. The highest BCUT2D eigenvalue weighted by Gasteiger charge is 2.34. The molecule has 0 aliphatic carbocycles. The van der Waals surface area contributed by atoms with E-state index in [4.69, 9.17) is 26.4 Å². The lowest BCUT2D eigenvalue weighted by Gasteiger charge is -2.37. The van der Waals surface area contributed by atoms with E-state index in [0.29, 0.717) is 29.8 Å². The van der Waals surface area contributed by atoms with Crippen LogP contribution in [0.4, 0.5) is 0 Å². The normalized spacial score (nSPS) is 15.8. The Morgan fingerprint density at radius 1 is 1.05 bits per heavy atom. The Balaban J connectivity index is 1.44. The predicted octanol–water partition coefficient (Wildman–Crippen LogP) is 7.38. The maximum atomic E-state index is 13.4. The maximum Gasteiger partial charge on any atom is 0.303 e. The number of pyridine rings is 1. The molecule has 0 saturated heterocycles. The zero-order chi connectivity index (χ0) is 27.6. The van der Waals surface area contributed by atoms with Gasteiger partial charge < -0.3 is 15.2 Å². The fraction of sp³-hybridized carbons (Fsp3) is 0.281. The number of nitrogens with one attached hydrogen (secondary N) is 1. The van der Waals surface area contributed by atoms with Gasteiger partial charge in [0, 0.05) is 39.9 Å². The second kappa shape index (κ2) is 11.1. The van der Waals surface area contributed by atoms with Gasteiger partial charge in [0.1, 0.15) is 11.4 Å². The number of carboxylic acid groups (broad SMARTS) is 1. The number of unbranched alkanes of at least 4 members (excludes halogenated alkanes) is 1. The van der Waals surface area contributed by atoms with E-state index in [1.807, 2.05) is 74.5 Å². The third kappa shape index (κ3) is 6.23. The number of fused-ring (bicyclic) bond motifs is 2. The number of ether oxygens (including phenoxy) is 1. The Kier molecular flexibility index (Phi) is 7.58. The Morgan fingerprint density at radius 3 is 2.59 bits per heavy atom. The SMILES string of the molecule is CC1(C)CC(NC(=O)c2ccc3nc(-c4ccc(Cl)cc4)c(CCCCC(=O)O)cc3c2)c2ccccc2O1. The summed E-state index contributed by atoms with van der Waals surface area (Å²) in [7, 11) is 0. The molecule has 6 nitrogen and oxygen atoms in total. The summed E-state index contributed by atoms with van der Waals surface area (Å²) in [5.74, 6) is -0.154. The summed E-state index contributed by atoms with van der Waals surface area (Å²) >= 11 is 6.11. The van der Waals surface area contributed by atoms with Crippen molar-refractivity contribution < 1.29 is 19.4 Å².